The average molecular weight is 194 g/mol. The van der Waals surface area contributed by atoms with Crippen molar-refractivity contribution in [1.29, 1.82) is 0 Å². The summed E-state index contributed by atoms with van der Waals surface area (Å²) >= 11 is 0. The van der Waals surface area contributed by atoms with E-state index < -0.39 is 5.91 Å². The van der Waals surface area contributed by atoms with Crippen molar-refractivity contribution in [2.45, 2.75) is 32.2 Å². The molecule has 1 aliphatic heterocycles. The van der Waals surface area contributed by atoms with E-state index in [4.69, 9.17) is 11.5 Å². The van der Waals surface area contributed by atoms with Gasteiger partial charge in [-0.25, -0.2) is 0 Å². The first-order valence-electron chi connectivity index (χ1n) is 4.77. The summed E-state index contributed by atoms with van der Waals surface area (Å²) < 4.78 is 1.81. The number of nitrogens with zero attached hydrogens (tertiary/aromatic N) is 2. The Kier molecular flexibility index (Phi) is 1.94. The van der Waals surface area contributed by atoms with Crippen LogP contribution in [0, 0.1) is 0 Å². The van der Waals surface area contributed by atoms with Gasteiger partial charge in [-0.15, -0.1) is 0 Å². The van der Waals surface area contributed by atoms with E-state index in [1.165, 1.54) is 0 Å². The monoisotopic (exact) mass is 194 g/mol. The van der Waals surface area contributed by atoms with E-state index in [9.17, 15) is 4.79 Å². The smallest absolute Gasteiger partial charge is 0.271 e. The van der Waals surface area contributed by atoms with Crippen LogP contribution in [0.3, 0.4) is 0 Å². The SMILES string of the molecule is CC1CCCn2nc(C(N)=O)c(N)c21. The number of carbonyl (C=O) groups is 1. The fraction of sp³-hybridized carbons (Fsp3) is 0.556. The van der Waals surface area contributed by atoms with Gasteiger partial charge in [0.1, 0.15) is 0 Å². The summed E-state index contributed by atoms with van der Waals surface area (Å²) in [7, 11) is 0. The van der Waals surface area contributed by atoms with Gasteiger partial charge in [0.2, 0.25) is 0 Å². The highest BCUT2D eigenvalue weighted by Crippen LogP contribution is 2.32. The molecule has 14 heavy (non-hydrogen) atoms. The van der Waals surface area contributed by atoms with Gasteiger partial charge in [0, 0.05) is 12.5 Å². The van der Waals surface area contributed by atoms with E-state index in [0.29, 0.717) is 11.6 Å². The van der Waals surface area contributed by atoms with Crippen molar-refractivity contribution in [2.75, 3.05) is 5.73 Å². The molecule has 76 valence electrons. The molecule has 5 heteroatoms. The van der Waals surface area contributed by atoms with E-state index in [1.54, 1.807) is 0 Å². The second-order valence-electron chi connectivity index (χ2n) is 3.78. The Morgan fingerprint density at radius 3 is 2.93 bits per heavy atom. The zero-order valence-corrected chi connectivity index (χ0v) is 8.16. The van der Waals surface area contributed by atoms with E-state index in [-0.39, 0.29) is 5.69 Å². The molecule has 0 saturated carbocycles. The predicted octanol–water partition coefficient (Wildman–Crippen LogP) is 0.462. The predicted molar refractivity (Wildman–Crippen MR) is 52.8 cm³/mol. The van der Waals surface area contributed by atoms with Crippen molar-refractivity contribution in [3.8, 4) is 0 Å². The Morgan fingerprint density at radius 1 is 1.64 bits per heavy atom. The number of carbonyl (C=O) groups excluding carboxylic acids is 1. The topological polar surface area (TPSA) is 86.9 Å². The minimum absolute atomic E-state index is 0.216. The molecule has 0 spiro atoms. The van der Waals surface area contributed by atoms with Crippen molar-refractivity contribution in [3.05, 3.63) is 11.4 Å². The fourth-order valence-electron chi connectivity index (χ4n) is 2.05. The van der Waals surface area contributed by atoms with Gasteiger partial charge >= 0.3 is 0 Å². The molecule has 1 unspecified atom stereocenters. The third-order valence-corrected chi connectivity index (χ3v) is 2.74. The van der Waals surface area contributed by atoms with E-state index in [0.717, 1.165) is 25.1 Å². The van der Waals surface area contributed by atoms with Crippen LogP contribution in [0.1, 0.15) is 41.9 Å². The van der Waals surface area contributed by atoms with Gasteiger partial charge in [0.25, 0.3) is 5.91 Å². The summed E-state index contributed by atoms with van der Waals surface area (Å²) in [6.07, 6.45) is 2.17. The lowest BCUT2D eigenvalue weighted by molar-refractivity contribution is 0.0995. The lowest BCUT2D eigenvalue weighted by Gasteiger charge is -2.20. The molecule has 1 aromatic heterocycles. The molecular weight excluding hydrogens is 180 g/mol. The highest BCUT2D eigenvalue weighted by molar-refractivity contribution is 5.96. The first-order chi connectivity index (χ1) is 6.61. The maximum atomic E-state index is 11.0. The van der Waals surface area contributed by atoms with Crippen LogP contribution in [0.15, 0.2) is 0 Å². The zero-order chi connectivity index (χ0) is 10.3. The molecule has 1 aliphatic rings. The van der Waals surface area contributed by atoms with Crippen LogP contribution in [0.2, 0.25) is 0 Å². The quantitative estimate of drug-likeness (QED) is 0.680. The number of anilines is 1. The molecule has 0 fully saturated rings. The Labute approximate surface area is 82.1 Å². The molecule has 0 aliphatic carbocycles. The number of nitrogens with two attached hydrogens (primary N) is 2. The van der Waals surface area contributed by atoms with Crippen LogP contribution in [0.4, 0.5) is 5.69 Å². The second kappa shape index (κ2) is 3.01. The summed E-state index contributed by atoms with van der Waals surface area (Å²) in [5, 5.41) is 4.12. The largest absolute Gasteiger partial charge is 0.395 e. The van der Waals surface area contributed by atoms with Crippen LogP contribution < -0.4 is 11.5 Å². The molecule has 0 radical (unpaired) electrons. The van der Waals surface area contributed by atoms with Crippen molar-refractivity contribution in [2.24, 2.45) is 5.73 Å². The number of amides is 1. The maximum absolute atomic E-state index is 11.0. The maximum Gasteiger partial charge on any atom is 0.271 e. The third-order valence-electron chi connectivity index (χ3n) is 2.74. The summed E-state index contributed by atoms with van der Waals surface area (Å²) in [5.74, 6) is -0.180. The molecule has 1 atom stereocenters. The normalized spacial score (nSPS) is 20.5. The number of rotatable bonds is 1. The Balaban J connectivity index is 2.55. The van der Waals surface area contributed by atoms with Gasteiger partial charge in [-0.05, 0) is 12.8 Å². The Bertz CT molecular complexity index is 382. The van der Waals surface area contributed by atoms with E-state index in [2.05, 4.69) is 12.0 Å². The number of hydrogen-bond acceptors (Lipinski definition) is 3. The molecular formula is C9H14N4O. The molecule has 5 nitrogen and oxygen atoms in total. The molecule has 1 aromatic rings. The highest BCUT2D eigenvalue weighted by Gasteiger charge is 2.25. The first-order valence-corrected chi connectivity index (χ1v) is 4.77. The van der Waals surface area contributed by atoms with Gasteiger partial charge in [-0.2, -0.15) is 5.10 Å². The number of fused-ring (bicyclic) bond motifs is 1. The van der Waals surface area contributed by atoms with Crippen molar-refractivity contribution < 1.29 is 4.79 Å². The summed E-state index contributed by atoms with van der Waals surface area (Å²) in [6, 6.07) is 0. The second-order valence-corrected chi connectivity index (χ2v) is 3.78. The van der Waals surface area contributed by atoms with Gasteiger partial charge in [0.15, 0.2) is 5.69 Å². The molecule has 4 N–H and O–H groups in total. The van der Waals surface area contributed by atoms with Crippen molar-refractivity contribution >= 4 is 11.6 Å². The molecule has 0 saturated heterocycles. The molecule has 0 aromatic carbocycles. The van der Waals surface area contributed by atoms with E-state index in [1.807, 2.05) is 4.68 Å². The van der Waals surface area contributed by atoms with Crippen LogP contribution in [0.25, 0.3) is 0 Å². The lowest BCUT2D eigenvalue weighted by atomic mass is 9.97. The van der Waals surface area contributed by atoms with Crippen molar-refractivity contribution in [1.82, 2.24) is 9.78 Å². The van der Waals surface area contributed by atoms with E-state index >= 15 is 0 Å². The number of nitrogen functional groups attached to an aromatic ring is 1. The number of hydrogen-bond donors (Lipinski definition) is 2. The minimum Gasteiger partial charge on any atom is -0.395 e. The molecule has 1 amide bonds. The first kappa shape index (κ1) is 9.05. The van der Waals surface area contributed by atoms with Gasteiger partial charge in [0.05, 0.1) is 11.4 Å². The summed E-state index contributed by atoms with van der Waals surface area (Å²) in [5.41, 5.74) is 12.7. The number of aryl methyl sites for hydroxylation is 1. The Hall–Kier alpha value is -1.52. The molecule has 2 heterocycles. The zero-order valence-electron chi connectivity index (χ0n) is 8.16. The summed E-state index contributed by atoms with van der Waals surface area (Å²) in [6.45, 7) is 2.92. The summed E-state index contributed by atoms with van der Waals surface area (Å²) in [4.78, 5) is 11.0. The number of aromatic nitrogens is 2. The highest BCUT2D eigenvalue weighted by atomic mass is 16.1. The fourth-order valence-corrected chi connectivity index (χ4v) is 2.05. The van der Waals surface area contributed by atoms with Gasteiger partial charge in [-0.1, -0.05) is 6.92 Å². The average Bonchev–Trinajstić information content (AvgIpc) is 2.45. The minimum atomic E-state index is -0.545. The molecule has 2 rings (SSSR count). The van der Waals surface area contributed by atoms with Crippen LogP contribution in [-0.4, -0.2) is 15.7 Å². The van der Waals surface area contributed by atoms with Crippen LogP contribution in [-0.2, 0) is 6.54 Å². The number of primary amides is 1. The van der Waals surface area contributed by atoms with Gasteiger partial charge < -0.3 is 11.5 Å². The third kappa shape index (κ3) is 1.16. The van der Waals surface area contributed by atoms with Gasteiger partial charge in [-0.3, -0.25) is 9.48 Å². The van der Waals surface area contributed by atoms with Crippen LogP contribution in [0.5, 0.6) is 0 Å². The Morgan fingerprint density at radius 2 is 2.36 bits per heavy atom. The lowest BCUT2D eigenvalue weighted by Crippen LogP contribution is -2.15. The molecule has 0 bridgehead atoms. The van der Waals surface area contributed by atoms with Crippen LogP contribution >= 0.6 is 0 Å². The van der Waals surface area contributed by atoms with Crippen molar-refractivity contribution in [3.63, 3.8) is 0 Å². The standard InChI is InChI=1S/C9H14N4O/c1-5-3-2-4-13-8(5)6(10)7(12-13)9(11)14/h5H,2-4,10H2,1H3,(H2,11,14).